The van der Waals surface area contributed by atoms with Crippen LogP contribution >= 0.6 is 0 Å². The molecule has 11 nitrogen and oxygen atoms in total. The largest absolute Gasteiger partial charge is 0.493 e. The van der Waals surface area contributed by atoms with Crippen LogP contribution in [0.3, 0.4) is 0 Å². The van der Waals surface area contributed by atoms with Crippen LogP contribution in [0.5, 0.6) is 17.2 Å². The molecule has 0 unspecified atom stereocenters. The third-order valence-electron chi connectivity index (χ3n) is 9.95. The van der Waals surface area contributed by atoms with Gasteiger partial charge in [-0.1, -0.05) is 48.5 Å². The molecule has 3 amide bonds. The Bertz CT molecular complexity index is 2130. The second-order valence-corrected chi connectivity index (χ2v) is 13.1. The Morgan fingerprint density at radius 1 is 0.745 bits per heavy atom. The van der Waals surface area contributed by atoms with Crippen LogP contribution in [0.2, 0.25) is 0 Å². The fourth-order valence-electron chi connectivity index (χ4n) is 7.20. The van der Waals surface area contributed by atoms with E-state index >= 15 is 0 Å². The number of amides is 3. The van der Waals surface area contributed by atoms with Gasteiger partial charge in [0.05, 0.1) is 48.2 Å². The molecule has 1 N–H and O–H groups in total. The van der Waals surface area contributed by atoms with Gasteiger partial charge in [0.1, 0.15) is 12.4 Å². The maximum absolute atomic E-state index is 13.6. The first-order valence-electron chi connectivity index (χ1n) is 17.1. The monoisotopic (exact) mass is 683 g/mol. The van der Waals surface area contributed by atoms with E-state index < -0.39 is 0 Å². The van der Waals surface area contributed by atoms with Crippen molar-refractivity contribution in [3.05, 3.63) is 112 Å². The lowest BCUT2D eigenvalue weighted by molar-refractivity contribution is -0.123. The van der Waals surface area contributed by atoms with Gasteiger partial charge in [0.2, 0.25) is 0 Å². The molecule has 0 aliphatic carbocycles. The summed E-state index contributed by atoms with van der Waals surface area (Å²) in [5, 5.41) is 2.81. The van der Waals surface area contributed by atoms with Gasteiger partial charge in [-0.3, -0.25) is 24.4 Å². The van der Waals surface area contributed by atoms with Crippen LogP contribution in [0.1, 0.15) is 48.5 Å². The number of nitrogens with zero attached hydrogens (tertiary/aromatic N) is 4. The number of fused-ring (bicyclic) bond motifs is 6. The normalized spacial score (nSPS) is 18.2. The Morgan fingerprint density at radius 2 is 1.29 bits per heavy atom. The predicted octanol–water partition coefficient (Wildman–Crippen LogP) is 5.14. The highest BCUT2D eigenvalue weighted by atomic mass is 16.5. The van der Waals surface area contributed by atoms with Gasteiger partial charge in [0, 0.05) is 37.7 Å². The van der Waals surface area contributed by atoms with E-state index in [2.05, 4.69) is 33.5 Å². The molecule has 0 radical (unpaired) electrons. The van der Waals surface area contributed by atoms with Crippen molar-refractivity contribution in [2.45, 2.75) is 44.9 Å². The van der Waals surface area contributed by atoms with Gasteiger partial charge < -0.3 is 29.3 Å². The van der Waals surface area contributed by atoms with Crippen LogP contribution in [0.4, 0.5) is 11.4 Å². The second-order valence-electron chi connectivity index (χ2n) is 13.1. The quantitative estimate of drug-likeness (QED) is 0.257. The summed E-state index contributed by atoms with van der Waals surface area (Å²) in [6.45, 7) is 3.11. The van der Waals surface area contributed by atoms with Gasteiger partial charge in [-0.05, 0) is 59.7 Å². The number of nitrogens with one attached hydrogen (secondary N) is 1. The number of methoxy groups -OCH3 is 1. The SMILES string of the molecule is COc1cc2c(cc1OCC(=O)NCCOc1cc3c(cc1C)C(=O)N1Cc4ccccc4C[C@H]1C=N3)N=C[C@@H]1Cc3ccccc3CN1C2=O. The Hall–Kier alpha value is -5.97. The highest BCUT2D eigenvalue weighted by Gasteiger charge is 2.34. The summed E-state index contributed by atoms with van der Waals surface area (Å²) in [6, 6.07) is 23.0. The zero-order chi connectivity index (χ0) is 35.1. The van der Waals surface area contributed by atoms with Crippen molar-refractivity contribution in [2.24, 2.45) is 9.98 Å². The van der Waals surface area contributed by atoms with Crippen molar-refractivity contribution in [2.75, 3.05) is 26.9 Å². The molecule has 0 aromatic heterocycles. The molecule has 258 valence electrons. The van der Waals surface area contributed by atoms with Crippen LogP contribution < -0.4 is 19.5 Å². The lowest BCUT2D eigenvalue weighted by atomic mass is 9.94. The fraction of sp³-hybridized carbons (Fsp3) is 0.275. The second kappa shape index (κ2) is 13.4. The fourth-order valence-corrected chi connectivity index (χ4v) is 7.20. The van der Waals surface area contributed by atoms with E-state index in [9.17, 15) is 14.4 Å². The summed E-state index contributed by atoms with van der Waals surface area (Å²) in [7, 11) is 1.49. The van der Waals surface area contributed by atoms with Crippen molar-refractivity contribution in [3.63, 3.8) is 0 Å². The number of benzene rings is 4. The van der Waals surface area contributed by atoms with E-state index in [4.69, 9.17) is 14.2 Å². The molecule has 4 aliphatic heterocycles. The first kappa shape index (κ1) is 32.2. The first-order chi connectivity index (χ1) is 24.9. The molecule has 4 aromatic carbocycles. The maximum Gasteiger partial charge on any atom is 0.258 e. The summed E-state index contributed by atoms with van der Waals surface area (Å²) < 4.78 is 17.4. The van der Waals surface area contributed by atoms with Gasteiger partial charge in [-0.2, -0.15) is 0 Å². The molecule has 0 saturated heterocycles. The van der Waals surface area contributed by atoms with Crippen LogP contribution in [-0.4, -0.2) is 78.9 Å². The zero-order valence-corrected chi connectivity index (χ0v) is 28.4. The van der Waals surface area contributed by atoms with Gasteiger partial charge in [-0.15, -0.1) is 0 Å². The molecule has 0 fully saturated rings. The first-order valence-corrected chi connectivity index (χ1v) is 17.1. The maximum atomic E-state index is 13.6. The highest BCUT2D eigenvalue weighted by molar-refractivity contribution is 6.04. The molecule has 4 heterocycles. The topological polar surface area (TPSA) is 122 Å². The zero-order valence-electron chi connectivity index (χ0n) is 28.4. The van der Waals surface area contributed by atoms with Crippen LogP contribution in [-0.2, 0) is 30.7 Å². The third-order valence-corrected chi connectivity index (χ3v) is 9.95. The van der Waals surface area contributed by atoms with Gasteiger partial charge >= 0.3 is 0 Å². The van der Waals surface area contributed by atoms with Crippen molar-refractivity contribution in [1.82, 2.24) is 15.1 Å². The molecule has 0 bridgehead atoms. The van der Waals surface area contributed by atoms with Gasteiger partial charge in [0.15, 0.2) is 18.1 Å². The van der Waals surface area contributed by atoms with E-state index in [1.165, 1.54) is 18.2 Å². The number of carbonyl (C=O) groups is 3. The average molecular weight is 684 g/mol. The number of hydrogen-bond acceptors (Lipinski definition) is 8. The molecular weight excluding hydrogens is 646 g/mol. The van der Waals surface area contributed by atoms with Crippen LogP contribution in [0.15, 0.2) is 82.8 Å². The van der Waals surface area contributed by atoms with E-state index in [0.717, 1.165) is 23.1 Å². The number of hydrogen-bond donors (Lipinski definition) is 1. The van der Waals surface area contributed by atoms with Crippen molar-refractivity contribution in [1.29, 1.82) is 0 Å². The summed E-state index contributed by atoms with van der Waals surface area (Å²) in [5.74, 6) is 0.717. The Kier molecular flexibility index (Phi) is 8.47. The van der Waals surface area contributed by atoms with Gasteiger partial charge in [0.25, 0.3) is 17.7 Å². The minimum atomic E-state index is -0.350. The molecule has 11 heteroatoms. The van der Waals surface area contributed by atoms with E-state index in [0.29, 0.717) is 59.3 Å². The Balaban J connectivity index is 0.873. The van der Waals surface area contributed by atoms with Crippen LogP contribution in [0.25, 0.3) is 0 Å². The van der Waals surface area contributed by atoms with Crippen molar-refractivity contribution >= 4 is 41.5 Å². The smallest absolute Gasteiger partial charge is 0.258 e. The molecule has 4 aromatic rings. The minimum absolute atomic E-state index is 0.0461. The predicted molar refractivity (Wildman–Crippen MR) is 192 cm³/mol. The van der Waals surface area contributed by atoms with E-state index in [1.54, 1.807) is 18.2 Å². The molecule has 51 heavy (non-hydrogen) atoms. The van der Waals surface area contributed by atoms with Crippen molar-refractivity contribution < 1.29 is 28.6 Å². The Morgan fingerprint density at radius 3 is 1.88 bits per heavy atom. The average Bonchev–Trinajstić information content (AvgIpc) is 3.36. The van der Waals surface area contributed by atoms with Crippen LogP contribution in [0, 0.1) is 6.92 Å². The lowest BCUT2D eigenvalue weighted by Crippen LogP contribution is -2.44. The molecule has 0 saturated carbocycles. The Labute approximate surface area is 295 Å². The molecule has 8 rings (SSSR count). The minimum Gasteiger partial charge on any atom is -0.493 e. The number of rotatable bonds is 8. The number of carbonyl (C=O) groups excluding carboxylic acids is 3. The van der Waals surface area contributed by atoms with E-state index in [1.807, 2.05) is 65.6 Å². The molecule has 0 spiro atoms. The summed E-state index contributed by atoms with van der Waals surface area (Å²) in [4.78, 5) is 53.0. The van der Waals surface area contributed by atoms with Crippen molar-refractivity contribution in [3.8, 4) is 17.2 Å². The summed E-state index contributed by atoms with van der Waals surface area (Å²) in [6.07, 6.45) is 5.08. The molecule has 2 atom stereocenters. The highest BCUT2D eigenvalue weighted by Crippen LogP contribution is 2.39. The third kappa shape index (κ3) is 6.20. The van der Waals surface area contributed by atoms with Gasteiger partial charge in [-0.25, -0.2) is 0 Å². The van der Waals surface area contributed by atoms with E-state index in [-0.39, 0.29) is 49.6 Å². The standard InChI is InChI=1S/C40H37N5O6/c1-24-13-31-33(42-19-29-14-25-7-3-5-9-27(25)21-44(29)39(31)47)17-35(24)50-12-11-41-38(46)23-51-37-18-34-32(16-36(37)49-2)40(48)45-22-28-10-6-4-8-26(28)15-30(45)20-43-34/h3-10,13,16-20,29-30H,11-12,14-15,21-23H2,1-2H3,(H,41,46)/t29-,30-/m0/s1. The number of ether oxygens (including phenoxy) is 3. The molecule has 4 aliphatic rings. The lowest BCUT2D eigenvalue weighted by Gasteiger charge is -2.34. The number of aliphatic imine (C=N–C) groups is 2. The number of aryl methyl sites for hydroxylation is 1. The summed E-state index contributed by atoms with van der Waals surface area (Å²) >= 11 is 0. The molecular formula is C40H37N5O6. The summed E-state index contributed by atoms with van der Waals surface area (Å²) in [5.41, 5.74) is 7.55.